The van der Waals surface area contributed by atoms with Crippen molar-refractivity contribution in [1.82, 2.24) is 5.32 Å². The average Bonchev–Trinajstić information content (AvgIpc) is 2.40. The van der Waals surface area contributed by atoms with E-state index in [0.29, 0.717) is 18.3 Å². The first-order valence-corrected chi connectivity index (χ1v) is 6.79. The molecule has 2 rings (SSSR count). The van der Waals surface area contributed by atoms with E-state index in [0.717, 1.165) is 43.5 Å². The van der Waals surface area contributed by atoms with Crippen LogP contribution in [0.3, 0.4) is 0 Å². The van der Waals surface area contributed by atoms with Gasteiger partial charge in [-0.15, -0.1) is 0 Å². The highest BCUT2D eigenvalue weighted by Crippen LogP contribution is 2.29. The molecule has 1 fully saturated rings. The van der Waals surface area contributed by atoms with Gasteiger partial charge in [0.15, 0.2) is 11.6 Å². The van der Waals surface area contributed by atoms with Crippen LogP contribution in [-0.2, 0) is 17.8 Å². The number of halogens is 1. The summed E-state index contributed by atoms with van der Waals surface area (Å²) in [5.74, 6) is 0.701. The molecule has 1 saturated heterocycles. The number of hydrogen-bond acceptors (Lipinski definition) is 3. The van der Waals surface area contributed by atoms with E-state index >= 15 is 0 Å². The number of nitrogens with one attached hydrogen (secondary N) is 1. The summed E-state index contributed by atoms with van der Waals surface area (Å²) >= 11 is 0. The van der Waals surface area contributed by atoms with E-state index in [1.54, 1.807) is 7.11 Å². The number of benzene rings is 1. The molecule has 0 unspecified atom stereocenters. The summed E-state index contributed by atoms with van der Waals surface area (Å²) in [7, 11) is 3.15. The van der Waals surface area contributed by atoms with Crippen LogP contribution in [0.2, 0.25) is 0 Å². The van der Waals surface area contributed by atoms with Gasteiger partial charge in [-0.25, -0.2) is 4.39 Å². The van der Waals surface area contributed by atoms with Crippen LogP contribution in [0, 0.1) is 11.7 Å². The fourth-order valence-corrected chi connectivity index (χ4v) is 2.74. The molecule has 0 saturated carbocycles. The lowest BCUT2D eigenvalue weighted by molar-refractivity contribution is 0.184. The van der Waals surface area contributed by atoms with Gasteiger partial charge in [0.25, 0.3) is 0 Å². The van der Waals surface area contributed by atoms with Gasteiger partial charge in [0.2, 0.25) is 0 Å². The van der Waals surface area contributed by atoms with E-state index in [4.69, 9.17) is 9.47 Å². The lowest BCUT2D eigenvalue weighted by Gasteiger charge is -2.23. The van der Waals surface area contributed by atoms with Crippen LogP contribution in [0.25, 0.3) is 0 Å². The van der Waals surface area contributed by atoms with Gasteiger partial charge in [-0.1, -0.05) is 0 Å². The van der Waals surface area contributed by atoms with Gasteiger partial charge in [0.1, 0.15) is 0 Å². The highest BCUT2D eigenvalue weighted by Gasteiger charge is 2.18. The van der Waals surface area contributed by atoms with Crippen LogP contribution in [0.1, 0.15) is 24.0 Å². The quantitative estimate of drug-likeness (QED) is 0.889. The van der Waals surface area contributed by atoms with Crippen molar-refractivity contribution < 1.29 is 13.9 Å². The zero-order valence-corrected chi connectivity index (χ0v) is 11.7. The molecule has 0 radical (unpaired) electrons. The first kappa shape index (κ1) is 14.3. The number of ether oxygens (including phenoxy) is 2. The summed E-state index contributed by atoms with van der Waals surface area (Å²) < 4.78 is 24.3. The maximum atomic E-state index is 14.0. The minimum absolute atomic E-state index is 0.291. The van der Waals surface area contributed by atoms with Crippen molar-refractivity contribution in [2.45, 2.75) is 25.9 Å². The molecule has 106 valence electrons. The highest BCUT2D eigenvalue weighted by atomic mass is 19.1. The normalized spacial score (nSPS) is 16.6. The van der Waals surface area contributed by atoms with Gasteiger partial charge >= 0.3 is 0 Å². The van der Waals surface area contributed by atoms with Crippen molar-refractivity contribution in [2.75, 3.05) is 27.3 Å². The van der Waals surface area contributed by atoms with Gasteiger partial charge in [-0.05, 0) is 61.5 Å². The molecular weight excluding hydrogens is 245 g/mol. The Labute approximate surface area is 114 Å². The van der Waals surface area contributed by atoms with Gasteiger partial charge in [0, 0.05) is 7.11 Å². The topological polar surface area (TPSA) is 30.5 Å². The molecule has 1 heterocycles. The van der Waals surface area contributed by atoms with Crippen LogP contribution in [0.5, 0.6) is 5.75 Å². The Morgan fingerprint density at radius 2 is 2.00 bits per heavy atom. The first-order valence-electron chi connectivity index (χ1n) is 6.79. The molecule has 0 spiro atoms. The Kier molecular flexibility index (Phi) is 5.16. The molecule has 1 aromatic rings. The first-order chi connectivity index (χ1) is 9.24. The molecule has 1 aromatic carbocycles. The van der Waals surface area contributed by atoms with Gasteiger partial charge in [0.05, 0.1) is 13.7 Å². The van der Waals surface area contributed by atoms with Crippen molar-refractivity contribution in [3.8, 4) is 5.75 Å². The van der Waals surface area contributed by atoms with E-state index in [1.165, 1.54) is 13.2 Å². The Balaban J connectivity index is 2.19. The molecule has 1 N–H and O–H groups in total. The molecule has 4 heteroatoms. The van der Waals surface area contributed by atoms with Crippen molar-refractivity contribution in [3.63, 3.8) is 0 Å². The average molecular weight is 267 g/mol. The number of piperidine rings is 1. The second-order valence-electron chi connectivity index (χ2n) is 5.10. The SMILES string of the molecule is COCc1cc(F)c(OC)c(CC2CCNCC2)c1. The fourth-order valence-electron chi connectivity index (χ4n) is 2.74. The predicted octanol–water partition coefficient (Wildman–Crippen LogP) is 2.52. The van der Waals surface area contributed by atoms with Crippen molar-refractivity contribution >= 4 is 0 Å². The standard InChI is InChI=1S/C15H22FNO2/c1-18-10-12-8-13(15(19-2)14(16)9-12)7-11-3-5-17-6-4-11/h8-9,11,17H,3-7,10H2,1-2H3. The van der Waals surface area contributed by atoms with Gasteiger partial charge < -0.3 is 14.8 Å². The molecule has 0 amide bonds. The Hall–Kier alpha value is -1.13. The summed E-state index contributed by atoms with van der Waals surface area (Å²) in [5.41, 5.74) is 1.83. The minimum atomic E-state index is -0.291. The molecular formula is C15H22FNO2. The van der Waals surface area contributed by atoms with Crippen LogP contribution < -0.4 is 10.1 Å². The third-order valence-corrected chi connectivity index (χ3v) is 3.66. The van der Waals surface area contributed by atoms with E-state index in [2.05, 4.69) is 5.32 Å². The smallest absolute Gasteiger partial charge is 0.165 e. The molecule has 19 heavy (non-hydrogen) atoms. The molecule has 0 bridgehead atoms. The van der Waals surface area contributed by atoms with Gasteiger partial charge in [-0.2, -0.15) is 0 Å². The van der Waals surface area contributed by atoms with E-state index in [-0.39, 0.29) is 5.82 Å². The lowest BCUT2D eigenvalue weighted by Crippen LogP contribution is -2.28. The van der Waals surface area contributed by atoms with Crippen molar-refractivity contribution in [2.24, 2.45) is 5.92 Å². The zero-order valence-electron chi connectivity index (χ0n) is 11.7. The molecule has 1 aliphatic heterocycles. The maximum Gasteiger partial charge on any atom is 0.165 e. The fraction of sp³-hybridized carbons (Fsp3) is 0.600. The molecule has 1 aliphatic rings. The lowest BCUT2D eigenvalue weighted by atomic mass is 9.90. The summed E-state index contributed by atoms with van der Waals surface area (Å²) in [6.07, 6.45) is 3.15. The Morgan fingerprint density at radius 3 is 2.63 bits per heavy atom. The highest BCUT2D eigenvalue weighted by molar-refractivity contribution is 5.39. The Bertz CT molecular complexity index is 417. The van der Waals surface area contributed by atoms with E-state index < -0.39 is 0 Å². The monoisotopic (exact) mass is 267 g/mol. The number of hydrogen-bond donors (Lipinski definition) is 1. The summed E-state index contributed by atoms with van der Waals surface area (Å²) in [4.78, 5) is 0. The second kappa shape index (κ2) is 6.87. The van der Waals surface area contributed by atoms with Crippen LogP contribution in [0.15, 0.2) is 12.1 Å². The molecule has 0 aromatic heterocycles. The van der Waals surface area contributed by atoms with Crippen LogP contribution >= 0.6 is 0 Å². The number of methoxy groups -OCH3 is 2. The molecule has 0 aliphatic carbocycles. The summed E-state index contributed by atoms with van der Waals surface area (Å²) in [5, 5.41) is 3.35. The third kappa shape index (κ3) is 3.67. The zero-order chi connectivity index (χ0) is 13.7. The maximum absolute atomic E-state index is 14.0. The van der Waals surface area contributed by atoms with Crippen LogP contribution in [-0.4, -0.2) is 27.3 Å². The van der Waals surface area contributed by atoms with Crippen LogP contribution in [0.4, 0.5) is 4.39 Å². The third-order valence-electron chi connectivity index (χ3n) is 3.66. The van der Waals surface area contributed by atoms with E-state index in [9.17, 15) is 4.39 Å². The Morgan fingerprint density at radius 1 is 1.26 bits per heavy atom. The summed E-state index contributed by atoms with van der Waals surface area (Å²) in [6.45, 7) is 2.53. The van der Waals surface area contributed by atoms with Crippen molar-refractivity contribution in [3.05, 3.63) is 29.1 Å². The molecule has 3 nitrogen and oxygen atoms in total. The minimum Gasteiger partial charge on any atom is -0.493 e. The second-order valence-corrected chi connectivity index (χ2v) is 5.10. The van der Waals surface area contributed by atoms with Crippen molar-refractivity contribution in [1.29, 1.82) is 0 Å². The largest absolute Gasteiger partial charge is 0.493 e. The predicted molar refractivity (Wildman–Crippen MR) is 73.0 cm³/mol. The number of rotatable bonds is 5. The van der Waals surface area contributed by atoms with Gasteiger partial charge in [-0.3, -0.25) is 0 Å². The van der Waals surface area contributed by atoms with E-state index in [1.807, 2.05) is 6.07 Å². The summed E-state index contributed by atoms with van der Waals surface area (Å²) in [6, 6.07) is 3.50. The molecule has 0 atom stereocenters.